The molecule has 0 radical (unpaired) electrons. The average molecular weight is 248 g/mol. The highest BCUT2D eigenvalue weighted by Crippen LogP contribution is 2.18. The van der Waals surface area contributed by atoms with Crippen LogP contribution < -0.4 is 0 Å². The molecule has 98 valence electrons. The van der Waals surface area contributed by atoms with Crippen LogP contribution in [-0.4, -0.2) is 60.6 Å². The number of hydrogen-bond acceptors (Lipinski definition) is 3. The molecule has 1 N–H and O–H groups in total. The van der Waals surface area contributed by atoms with E-state index in [1.807, 2.05) is 30.3 Å². The largest absolute Gasteiger partial charge is 0.481 e. The van der Waals surface area contributed by atoms with Crippen molar-refractivity contribution in [2.75, 3.05) is 39.8 Å². The van der Waals surface area contributed by atoms with Crippen LogP contribution in [0.15, 0.2) is 30.3 Å². The summed E-state index contributed by atoms with van der Waals surface area (Å²) in [6, 6.07) is 9.51. The number of carboxylic acids is 1. The van der Waals surface area contributed by atoms with Gasteiger partial charge in [0.25, 0.3) is 0 Å². The Balaban J connectivity index is 2.01. The third kappa shape index (κ3) is 3.31. The topological polar surface area (TPSA) is 43.8 Å². The number of carbonyl (C=O) groups is 1. The zero-order valence-corrected chi connectivity index (χ0v) is 10.7. The first-order valence-corrected chi connectivity index (χ1v) is 6.35. The van der Waals surface area contributed by atoms with Gasteiger partial charge in [0.05, 0.1) is 5.92 Å². The summed E-state index contributed by atoms with van der Waals surface area (Å²) >= 11 is 0. The molecular formula is C14H20N2O2. The number of hydrogen-bond donors (Lipinski definition) is 1. The Labute approximate surface area is 108 Å². The predicted octanol–water partition coefficient (Wildman–Crippen LogP) is 1.10. The summed E-state index contributed by atoms with van der Waals surface area (Å²) in [5, 5.41) is 9.37. The van der Waals surface area contributed by atoms with E-state index in [-0.39, 0.29) is 0 Å². The Bertz CT molecular complexity index is 386. The number of aliphatic carboxylic acids is 1. The maximum Gasteiger partial charge on any atom is 0.312 e. The monoisotopic (exact) mass is 248 g/mol. The number of carboxylic acid groups (broad SMARTS) is 1. The molecule has 0 saturated carbocycles. The molecule has 1 saturated heterocycles. The molecule has 4 heteroatoms. The van der Waals surface area contributed by atoms with E-state index < -0.39 is 11.9 Å². The molecule has 0 spiro atoms. The van der Waals surface area contributed by atoms with Gasteiger partial charge in [0.15, 0.2) is 0 Å². The minimum absolute atomic E-state index is 0.422. The summed E-state index contributed by atoms with van der Waals surface area (Å²) in [5.74, 6) is -1.16. The number of nitrogens with zero attached hydrogens (tertiary/aromatic N) is 2. The quantitative estimate of drug-likeness (QED) is 0.866. The first-order chi connectivity index (χ1) is 8.66. The van der Waals surface area contributed by atoms with Crippen LogP contribution in [0.25, 0.3) is 0 Å². The zero-order valence-electron chi connectivity index (χ0n) is 10.7. The van der Waals surface area contributed by atoms with Gasteiger partial charge in [-0.3, -0.25) is 9.69 Å². The number of benzene rings is 1. The van der Waals surface area contributed by atoms with Gasteiger partial charge in [-0.25, -0.2) is 0 Å². The van der Waals surface area contributed by atoms with Crippen LogP contribution in [0.1, 0.15) is 11.5 Å². The highest BCUT2D eigenvalue weighted by Gasteiger charge is 2.24. The second-order valence-corrected chi connectivity index (χ2v) is 4.91. The molecule has 1 fully saturated rings. The Kier molecular flexibility index (Phi) is 4.33. The third-order valence-electron chi connectivity index (χ3n) is 3.54. The van der Waals surface area contributed by atoms with Gasteiger partial charge in [0.2, 0.25) is 0 Å². The van der Waals surface area contributed by atoms with Crippen LogP contribution in [0.3, 0.4) is 0 Å². The zero-order chi connectivity index (χ0) is 13.0. The third-order valence-corrected chi connectivity index (χ3v) is 3.54. The summed E-state index contributed by atoms with van der Waals surface area (Å²) in [4.78, 5) is 15.9. The summed E-state index contributed by atoms with van der Waals surface area (Å²) in [6.45, 7) is 4.54. The van der Waals surface area contributed by atoms with E-state index in [1.165, 1.54) is 0 Å². The molecular weight excluding hydrogens is 228 g/mol. The van der Waals surface area contributed by atoms with Crippen molar-refractivity contribution < 1.29 is 9.90 Å². The van der Waals surface area contributed by atoms with Gasteiger partial charge in [-0.15, -0.1) is 0 Å². The lowest BCUT2D eigenvalue weighted by Crippen LogP contribution is -2.46. The molecule has 1 aliphatic heterocycles. The van der Waals surface area contributed by atoms with Crippen LogP contribution in [0.2, 0.25) is 0 Å². The van der Waals surface area contributed by atoms with Gasteiger partial charge in [-0.2, -0.15) is 0 Å². The van der Waals surface area contributed by atoms with Crippen LogP contribution in [0.5, 0.6) is 0 Å². The van der Waals surface area contributed by atoms with Gasteiger partial charge in [-0.1, -0.05) is 30.3 Å². The Morgan fingerprint density at radius 2 is 1.83 bits per heavy atom. The molecule has 4 nitrogen and oxygen atoms in total. The van der Waals surface area contributed by atoms with Crippen molar-refractivity contribution in [3.8, 4) is 0 Å². The molecule has 1 atom stereocenters. The van der Waals surface area contributed by atoms with E-state index in [0.717, 1.165) is 31.7 Å². The van der Waals surface area contributed by atoms with Crippen molar-refractivity contribution in [2.24, 2.45) is 0 Å². The molecule has 1 unspecified atom stereocenters. The minimum atomic E-state index is -0.736. The lowest BCUT2D eigenvalue weighted by atomic mass is 9.98. The van der Waals surface area contributed by atoms with Gasteiger partial charge in [-0.05, 0) is 12.6 Å². The SMILES string of the molecule is CN1CCN(CC(C(=O)O)c2ccccc2)CC1. The van der Waals surface area contributed by atoms with Gasteiger partial charge < -0.3 is 10.0 Å². The van der Waals surface area contributed by atoms with Gasteiger partial charge >= 0.3 is 5.97 Å². The highest BCUT2D eigenvalue weighted by molar-refractivity contribution is 5.76. The first kappa shape index (κ1) is 13.1. The maximum absolute atomic E-state index is 11.4. The average Bonchev–Trinajstić information content (AvgIpc) is 2.38. The van der Waals surface area contributed by atoms with Crippen LogP contribution in [0, 0.1) is 0 Å². The fourth-order valence-corrected chi connectivity index (χ4v) is 2.30. The maximum atomic E-state index is 11.4. The normalized spacial score (nSPS) is 19.6. The Hall–Kier alpha value is -1.39. The standard InChI is InChI=1S/C14H20N2O2/c1-15-7-9-16(10-8-15)11-13(14(17)18)12-5-3-2-4-6-12/h2-6,13H,7-11H2,1H3,(H,17,18). The van der Waals surface area contributed by atoms with Crippen molar-refractivity contribution in [1.29, 1.82) is 0 Å². The summed E-state index contributed by atoms with van der Waals surface area (Å²) in [6.07, 6.45) is 0. The Morgan fingerprint density at radius 1 is 1.22 bits per heavy atom. The van der Waals surface area contributed by atoms with Crippen molar-refractivity contribution in [3.63, 3.8) is 0 Å². The lowest BCUT2D eigenvalue weighted by Gasteiger charge is -2.33. The molecule has 18 heavy (non-hydrogen) atoms. The Morgan fingerprint density at radius 3 is 2.39 bits per heavy atom. The van der Waals surface area contributed by atoms with E-state index in [4.69, 9.17) is 0 Å². The molecule has 1 aliphatic rings. The van der Waals surface area contributed by atoms with E-state index in [0.29, 0.717) is 6.54 Å². The predicted molar refractivity (Wildman–Crippen MR) is 70.8 cm³/mol. The van der Waals surface area contributed by atoms with E-state index in [2.05, 4.69) is 16.8 Å². The smallest absolute Gasteiger partial charge is 0.312 e. The highest BCUT2D eigenvalue weighted by atomic mass is 16.4. The molecule has 0 amide bonds. The minimum Gasteiger partial charge on any atom is -0.481 e. The molecule has 1 aromatic rings. The van der Waals surface area contributed by atoms with Crippen molar-refractivity contribution in [2.45, 2.75) is 5.92 Å². The molecule has 0 aliphatic carbocycles. The molecule has 2 rings (SSSR count). The summed E-state index contributed by atoms with van der Waals surface area (Å²) < 4.78 is 0. The van der Waals surface area contributed by atoms with E-state index >= 15 is 0 Å². The molecule has 0 bridgehead atoms. The van der Waals surface area contributed by atoms with Crippen LogP contribution in [-0.2, 0) is 4.79 Å². The van der Waals surface area contributed by atoms with Gasteiger partial charge in [0.1, 0.15) is 0 Å². The van der Waals surface area contributed by atoms with Crippen LogP contribution in [0.4, 0.5) is 0 Å². The van der Waals surface area contributed by atoms with Crippen molar-refractivity contribution in [3.05, 3.63) is 35.9 Å². The fraction of sp³-hybridized carbons (Fsp3) is 0.500. The first-order valence-electron chi connectivity index (χ1n) is 6.35. The van der Waals surface area contributed by atoms with Gasteiger partial charge in [0, 0.05) is 32.7 Å². The summed E-state index contributed by atoms with van der Waals surface area (Å²) in [7, 11) is 2.10. The second kappa shape index (κ2) is 5.98. The summed E-state index contributed by atoms with van der Waals surface area (Å²) in [5.41, 5.74) is 0.893. The van der Waals surface area contributed by atoms with Crippen molar-refractivity contribution in [1.82, 2.24) is 9.80 Å². The van der Waals surface area contributed by atoms with E-state index in [9.17, 15) is 9.90 Å². The molecule has 1 aromatic carbocycles. The molecule has 0 aromatic heterocycles. The van der Waals surface area contributed by atoms with Crippen LogP contribution >= 0.6 is 0 Å². The van der Waals surface area contributed by atoms with E-state index in [1.54, 1.807) is 0 Å². The lowest BCUT2D eigenvalue weighted by molar-refractivity contribution is -0.139. The second-order valence-electron chi connectivity index (χ2n) is 4.91. The molecule has 1 heterocycles. The van der Waals surface area contributed by atoms with Crippen molar-refractivity contribution >= 4 is 5.97 Å². The fourth-order valence-electron chi connectivity index (χ4n) is 2.30. The number of rotatable bonds is 4. The number of piperazine rings is 1. The number of likely N-dealkylation sites (N-methyl/N-ethyl adjacent to an activating group) is 1.